The van der Waals surface area contributed by atoms with Crippen molar-refractivity contribution in [3.63, 3.8) is 0 Å². The molecular weight excluding hydrogens is 512 g/mol. The van der Waals surface area contributed by atoms with Crippen LogP contribution in [0.5, 0.6) is 0 Å². The third kappa shape index (κ3) is 3.46. The predicted molar refractivity (Wildman–Crippen MR) is 176 cm³/mol. The van der Waals surface area contributed by atoms with Crippen LogP contribution in [0.4, 0.5) is 5.69 Å². The van der Waals surface area contributed by atoms with Gasteiger partial charge < -0.3 is 13.9 Å². The maximum atomic E-state index is 6.27. The van der Waals surface area contributed by atoms with Crippen molar-refractivity contribution >= 4 is 55.1 Å². The lowest BCUT2D eigenvalue weighted by molar-refractivity contribution is 0.356. The van der Waals surface area contributed by atoms with Crippen LogP contribution in [0.15, 0.2) is 132 Å². The fraction of sp³-hybridized carbons (Fsp3) is 0.179. The van der Waals surface area contributed by atoms with E-state index in [1.807, 2.05) is 6.07 Å². The van der Waals surface area contributed by atoms with Crippen molar-refractivity contribution in [2.24, 2.45) is 11.3 Å². The molecule has 3 heteroatoms. The summed E-state index contributed by atoms with van der Waals surface area (Å²) in [6, 6.07) is 31.1. The number of hydrogen-bond acceptors (Lipinski definition) is 2. The summed E-state index contributed by atoms with van der Waals surface area (Å²) in [6.45, 7) is 3.43. The molecule has 9 rings (SSSR count). The second-order valence-electron chi connectivity index (χ2n) is 12.5. The van der Waals surface area contributed by atoms with E-state index in [2.05, 4.69) is 138 Å². The van der Waals surface area contributed by atoms with Crippen LogP contribution < -0.4 is 4.90 Å². The van der Waals surface area contributed by atoms with Crippen molar-refractivity contribution < 1.29 is 4.42 Å². The first-order chi connectivity index (χ1) is 20.7. The summed E-state index contributed by atoms with van der Waals surface area (Å²) in [6.07, 6.45) is 18.5. The molecule has 2 aliphatic carbocycles. The standard InChI is InChI=1S/C39H32N2O/c1-39(25-40-33-16-8-6-15-30(33)38(40)26-11-3-2-4-12-26)21-19-27(20-22-39)41-34-17-9-5-13-28(34)31-24-37-32(23-35(31)41)29-14-7-10-18-36(29)42-37/h2-11,13-21,23-24,26,38H,12,22,25H2,1H3. The number of nitrogens with zero attached hydrogens (tertiary/aromatic N) is 2. The zero-order valence-electron chi connectivity index (χ0n) is 23.7. The zero-order valence-corrected chi connectivity index (χ0v) is 23.7. The zero-order chi connectivity index (χ0) is 27.8. The number of benzene rings is 4. The first-order valence-electron chi connectivity index (χ1n) is 15.1. The van der Waals surface area contributed by atoms with Gasteiger partial charge in [-0.1, -0.05) is 98.0 Å². The maximum absolute atomic E-state index is 6.27. The van der Waals surface area contributed by atoms with E-state index in [0.717, 1.165) is 30.6 Å². The molecule has 1 aliphatic heterocycles. The van der Waals surface area contributed by atoms with Gasteiger partial charge >= 0.3 is 0 Å². The molecule has 0 spiro atoms. The van der Waals surface area contributed by atoms with Gasteiger partial charge in [0.2, 0.25) is 0 Å². The molecule has 0 saturated heterocycles. The normalized spacial score (nSPS) is 23.2. The van der Waals surface area contributed by atoms with Gasteiger partial charge in [-0.15, -0.1) is 0 Å². The van der Waals surface area contributed by atoms with E-state index in [9.17, 15) is 0 Å². The Bertz CT molecular complexity index is 2170. The average Bonchev–Trinajstić information content (AvgIpc) is 3.55. The van der Waals surface area contributed by atoms with Gasteiger partial charge in [0.05, 0.1) is 17.1 Å². The summed E-state index contributed by atoms with van der Waals surface area (Å²) >= 11 is 0. The SMILES string of the molecule is CC1(CN2c3ccccc3C2C2C=CC=CC2)C=CC(n2c3ccccc3c3cc4oc5ccccc5c4cc32)=CC1. The average molecular weight is 545 g/mol. The van der Waals surface area contributed by atoms with Crippen molar-refractivity contribution in [3.8, 4) is 0 Å². The summed E-state index contributed by atoms with van der Waals surface area (Å²) in [5.74, 6) is 0.528. The number of anilines is 1. The van der Waals surface area contributed by atoms with Crippen LogP contribution in [0, 0.1) is 11.3 Å². The number of fused-ring (bicyclic) bond motifs is 7. The van der Waals surface area contributed by atoms with Crippen LogP contribution in [-0.2, 0) is 0 Å². The summed E-state index contributed by atoms with van der Waals surface area (Å²) in [5, 5.41) is 4.82. The lowest BCUT2D eigenvalue weighted by atomic mass is 9.76. The number of hydrogen-bond donors (Lipinski definition) is 0. The van der Waals surface area contributed by atoms with Crippen molar-refractivity contribution in [3.05, 3.63) is 133 Å². The highest BCUT2D eigenvalue weighted by Gasteiger charge is 2.41. The molecule has 6 aromatic rings. The summed E-state index contributed by atoms with van der Waals surface area (Å²) in [4.78, 5) is 2.66. The van der Waals surface area contributed by atoms with Crippen LogP contribution in [0.2, 0.25) is 0 Å². The molecule has 4 aromatic carbocycles. The van der Waals surface area contributed by atoms with E-state index in [4.69, 9.17) is 4.42 Å². The summed E-state index contributed by atoms with van der Waals surface area (Å²) in [7, 11) is 0. The van der Waals surface area contributed by atoms with Crippen molar-refractivity contribution in [1.29, 1.82) is 0 Å². The molecule has 0 N–H and O–H groups in total. The molecule has 3 nitrogen and oxygen atoms in total. The number of allylic oxidation sites excluding steroid dienone is 6. The molecule has 0 radical (unpaired) electrons. The lowest BCUT2D eigenvalue weighted by Crippen LogP contribution is -2.47. The third-order valence-corrected chi connectivity index (χ3v) is 9.71. The van der Waals surface area contributed by atoms with Gasteiger partial charge in [-0.05, 0) is 54.8 Å². The molecule has 0 saturated carbocycles. The van der Waals surface area contributed by atoms with Crippen LogP contribution >= 0.6 is 0 Å². The smallest absolute Gasteiger partial charge is 0.136 e. The van der Waals surface area contributed by atoms with Gasteiger partial charge in [-0.3, -0.25) is 0 Å². The quantitative estimate of drug-likeness (QED) is 0.220. The third-order valence-electron chi connectivity index (χ3n) is 9.71. The topological polar surface area (TPSA) is 21.3 Å². The summed E-state index contributed by atoms with van der Waals surface area (Å²) < 4.78 is 8.72. The number of para-hydroxylation sites is 3. The molecule has 0 bridgehead atoms. The minimum Gasteiger partial charge on any atom is -0.456 e. The first-order valence-corrected chi connectivity index (χ1v) is 15.1. The molecule has 42 heavy (non-hydrogen) atoms. The van der Waals surface area contributed by atoms with Gasteiger partial charge in [0.1, 0.15) is 11.2 Å². The van der Waals surface area contributed by atoms with Crippen LogP contribution in [0.25, 0.3) is 49.4 Å². The molecule has 0 fully saturated rings. The molecule has 0 amide bonds. The van der Waals surface area contributed by atoms with Crippen LogP contribution in [0.1, 0.15) is 31.4 Å². The Labute approximate surface area is 245 Å². The summed E-state index contributed by atoms with van der Waals surface area (Å²) in [5.41, 5.74) is 8.53. The Morgan fingerprint density at radius 1 is 0.810 bits per heavy atom. The molecular formula is C39H32N2O. The Kier molecular flexibility index (Phi) is 5.05. The van der Waals surface area contributed by atoms with E-state index in [1.165, 1.54) is 49.5 Å². The minimum atomic E-state index is 0.0519. The van der Waals surface area contributed by atoms with Gasteiger partial charge in [0.15, 0.2) is 0 Å². The highest BCUT2D eigenvalue weighted by Crippen LogP contribution is 2.51. The fourth-order valence-corrected chi connectivity index (χ4v) is 7.63. The Morgan fingerprint density at radius 3 is 2.50 bits per heavy atom. The van der Waals surface area contributed by atoms with Crippen molar-refractivity contribution in [1.82, 2.24) is 4.57 Å². The number of aromatic nitrogens is 1. The van der Waals surface area contributed by atoms with Gasteiger partial charge in [-0.25, -0.2) is 0 Å². The predicted octanol–water partition coefficient (Wildman–Crippen LogP) is 10.2. The number of rotatable bonds is 4. The monoisotopic (exact) mass is 544 g/mol. The van der Waals surface area contributed by atoms with Crippen LogP contribution in [0.3, 0.4) is 0 Å². The molecule has 204 valence electrons. The lowest BCUT2D eigenvalue weighted by Gasteiger charge is -2.51. The molecule has 3 heterocycles. The fourth-order valence-electron chi connectivity index (χ4n) is 7.63. The molecule has 3 atom stereocenters. The first kappa shape index (κ1) is 23.9. The van der Waals surface area contributed by atoms with E-state index in [1.54, 1.807) is 0 Å². The van der Waals surface area contributed by atoms with Gasteiger partial charge in [0, 0.05) is 50.8 Å². The van der Waals surface area contributed by atoms with Crippen molar-refractivity contribution in [2.75, 3.05) is 11.4 Å². The van der Waals surface area contributed by atoms with Crippen LogP contribution in [-0.4, -0.2) is 11.1 Å². The Hall–Kier alpha value is -4.76. The largest absolute Gasteiger partial charge is 0.456 e. The number of furan rings is 1. The minimum absolute atomic E-state index is 0.0519. The Balaban J connectivity index is 1.10. The van der Waals surface area contributed by atoms with E-state index >= 15 is 0 Å². The van der Waals surface area contributed by atoms with E-state index < -0.39 is 0 Å². The Morgan fingerprint density at radius 2 is 1.64 bits per heavy atom. The van der Waals surface area contributed by atoms with Crippen molar-refractivity contribution in [2.45, 2.75) is 25.8 Å². The second kappa shape index (κ2) is 8.87. The second-order valence-corrected chi connectivity index (χ2v) is 12.5. The maximum Gasteiger partial charge on any atom is 0.136 e. The highest BCUT2D eigenvalue weighted by atomic mass is 16.3. The highest BCUT2D eigenvalue weighted by molar-refractivity contribution is 6.17. The molecule has 2 aromatic heterocycles. The van der Waals surface area contributed by atoms with E-state index in [0.29, 0.717) is 12.0 Å². The van der Waals surface area contributed by atoms with E-state index in [-0.39, 0.29) is 5.41 Å². The molecule has 3 aliphatic rings. The van der Waals surface area contributed by atoms with Gasteiger partial charge in [-0.2, -0.15) is 0 Å². The molecule has 3 unspecified atom stereocenters. The van der Waals surface area contributed by atoms with Gasteiger partial charge in [0.25, 0.3) is 0 Å².